The number of likely N-dealkylation sites (tertiary alicyclic amines) is 1. The summed E-state index contributed by atoms with van der Waals surface area (Å²) >= 11 is 0. The van der Waals surface area contributed by atoms with Gasteiger partial charge in [-0.15, -0.1) is 0 Å². The number of carbonyl (C=O) groups excluding carboxylic acids is 2. The Balaban J connectivity index is 1.37. The van der Waals surface area contributed by atoms with Crippen molar-refractivity contribution in [2.24, 2.45) is 11.8 Å². The van der Waals surface area contributed by atoms with Crippen LogP contribution in [0.25, 0.3) is 0 Å². The zero-order valence-corrected chi connectivity index (χ0v) is 13.7. The van der Waals surface area contributed by atoms with E-state index in [-0.39, 0.29) is 18.4 Å². The molecule has 0 unspecified atom stereocenters. The van der Waals surface area contributed by atoms with Gasteiger partial charge in [-0.1, -0.05) is 29.8 Å². The summed E-state index contributed by atoms with van der Waals surface area (Å²) in [7, 11) is 0. The molecule has 2 N–H and O–H groups in total. The lowest BCUT2D eigenvalue weighted by Crippen LogP contribution is -2.40. The Morgan fingerprint density at radius 3 is 2.48 bits per heavy atom. The lowest BCUT2D eigenvalue weighted by Gasteiger charge is -2.17. The van der Waals surface area contributed by atoms with Gasteiger partial charge < -0.3 is 15.5 Å². The van der Waals surface area contributed by atoms with E-state index >= 15 is 0 Å². The number of benzene rings is 1. The monoisotopic (exact) mass is 315 g/mol. The van der Waals surface area contributed by atoms with Crippen molar-refractivity contribution < 1.29 is 9.59 Å². The molecule has 2 saturated heterocycles. The lowest BCUT2D eigenvalue weighted by atomic mass is 10.0. The van der Waals surface area contributed by atoms with Crippen molar-refractivity contribution in [3.05, 3.63) is 35.4 Å². The van der Waals surface area contributed by atoms with Crippen molar-refractivity contribution in [3.8, 4) is 0 Å². The summed E-state index contributed by atoms with van der Waals surface area (Å²) in [5, 5.41) is 6.12. The maximum atomic E-state index is 12.2. The second kappa shape index (κ2) is 7.13. The fourth-order valence-electron chi connectivity index (χ4n) is 3.45. The molecule has 1 aromatic rings. The van der Waals surface area contributed by atoms with Crippen LogP contribution in [0.1, 0.15) is 17.5 Å². The summed E-state index contributed by atoms with van der Waals surface area (Å²) < 4.78 is 0. The largest absolute Gasteiger partial charge is 0.347 e. The molecule has 2 atom stereocenters. The molecular weight excluding hydrogens is 290 g/mol. The Morgan fingerprint density at radius 1 is 1.17 bits per heavy atom. The molecular formula is C18H25N3O2. The molecule has 5 heteroatoms. The smallest absolute Gasteiger partial charge is 0.241 e. The third-order valence-corrected chi connectivity index (χ3v) is 4.94. The normalized spacial score (nSPS) is 22.9. The van der Waals surface area contributed by atoms with Crippen LogP contribution < -0.4 is 10.6 Å². The van der Waals surface area contributed by atoms with Crippen molar-refractivity contribution >= 4 is 11.8 Å². The standard InChI is InChI=1S/C18H25N3O2/c1-13-2-4-14(5-3-13)6-7-17(22)20-10-18(23)21-11-15-8-19-9-16(15)12-21/h2-5,15-16,19H,6-12H2,1H3,(H,20,22)/t15-,16+. The summed E-state index contributed by atoms with van der Waals surface area (Å²) in [5.74, 6) is 1.18. The predicted molar refractivity (Wildman–Crippen MR) is 88.9 cm³/mol. The van der Waals surface area contributed by atoms with Crippen molar-refractivity contribution in [2.45, 2.75) is 19.8 Å². The molecule has 2 aliphatic rings. The van der Waals surface area contributed by atoms with Gasteiger partial charge in [0.05, 0.1) is 6.54 Å². The second-order valence-electron chi connectivity index (χ2n) is 6.74. The summed E-state index contributed by atoms with van der Waals surface area (Å²) in [6.45, 7) is 5.85. The first-order valence-electron chi connectivity index (χ1n) is 8.42. The van der Waals surface area contributed by atoms with Crippen LogP contribution in [0.2, 0.25) is 0 Å². The quantitative estimate of drug-likeness (QED) is 0.842. The number of hydrogen-bond donors (Lipinski definition) is 2. The van der Waals surface area contributed by atoms with E-state index in [1.165, 1.54) is 5.56 Å². The third kappa shape index (κ3) is 4.10. The SMILES string of the molecule is Cc1ccc(CCC(=O)NCC(=O)N2C[C@H]3CNC[C@H]3C2)cc1. The summed E-state index contributed by atoms with van der Waals surface area (Å²) in [5.41, 5.74) is 2.37. The topological polar surface area (TPSA) is 61.4 Å². The van der Waals surface area contributed by atoms with Crippen LogP contribution in [0, 0.1) is 18.8 Å². The van der Waals surface area contributed by atoms with Gasteiger partial charge >= 0.3 is 0 Å². The fourth-order valence-corrected chi connectivity index (χ4v) is 3.45. The second-order valence-corrected chi connectivity index (χ2v) is 6.74. The Hall–Kier alpha value is -1.88. The first-order chi connectivity index (χ1) is 11.1. The van der Waals surface area contributed by atoms with E-state index < -0.39 is 0 Å². The number of amides is 2. The Kier molecular flexibility index (Phi) is 4.96. The number of carbonyl (C=O) groups is 2. The molecule has 0 bridgehead atoms. The highest BCUT2D eigenvalue weighted by Gasteiger charge is 2.37. The minimum Gasteiger partial charge on any atom is -0.347 e. The highest BCUT2D eigenvalue weighted by atomic mass is 16.2. The average molecular weight is 315 g/mol. The van der Waals surface area contributed by atoms with Gasteiger partial charge in [-0.3, -0.25) is 9.59 Å². The maximum absolute atomic E-state index is 12.2. The van der Waals surface area contributed by atoms with Crippen LogP contribution >= 0.6 is 0 Å². The summed E-state index contributed by atoms with van der Waals surface area (Å²) in [6, 6.07) is 8.20. The van der Waals surface area contributed by atoms with Gasteiger partial charge in [-0.2, -0.15) is 0 Å². The van der Waals surface area contributed by atoms with E-state index in [2.05, 4.69) is 22.8 Å². The molecule has 124 valence electrons. The van der Waals surface area contributed by atoms with Gasteiger partial charge in [0.15, 0.2) is 0 Å². The van der Waals surface area contributed by atoms with Crippen molar-refractivity contribution in [2.75, 3.05) is 32.7 Å². The lowest BCUT2D eigenvalue weighted by molar-refractivity contribution is -0.132. The molecule has 0 spiro atoms. The van der Waals surface area contributed by atoms with Crippen LogP contribution in [-0.4, -0.2) is 49.4 Å². The number of rotatable bonds is 5. The van der Waals surface area contributed by atoms with E-state index in [1.807, 2.05) is 24.0 Å². The Morgan fingerprint density at radius 2 is 1.83 bits per heavy atom. The Labute approximate surface area is 137 Å². The van der Waals surface area contributed by atoms with E-state index in [4.69, 9.17) is 0 Å². The average Bonchev–Trinajstić information content (AvgIpc) is 3.13. The van der Waals surface area contributed by atoms with Crippen molar-refractivity contribution in [3.63, 3.8) is 0 Å². The first kappa shape index (κ1) is 16.0. The van der Waals surface area contributed by atoms with Gasteiger partial charge in [0, 0.05) is 32.6 Å². The van der Waals surface area contributed by atoms with E-state index in [0.717, 1.165) is 31.7 Å². The van der Waals surface area contributed by atoms with E-state index in [9.17, 15) is 9.59 Å². The minimum absolute atomic E-state index is 0.0445. The number of nitrogens with one attached hydrogen (secondary N) is 2. The fraction of sp³-hybridized carbons (Fsp3) is 0.556. The number of nitrogens with zero attached hydrogens (tertiary/aromatic N) is 1. The van der Waals surface area contributed by atoms with Gasteiger partial charge in [-0.25, -0.2) is 0 Å². The molecule has 2 fully saturated rings. The molecule has 2 aliphatic heterocycles. The van der Waals surface area contributed by atoms with Gasteiger partial charge in [0.1, 0.15) is 0 Å². The molecule has 2 amide bonds. The van der Waals surface area contributed by atoms with Crippen LogP contribution in [0.5, 0.6) is 0 Å². The zero-order chi connectivity index (χ0) is 16.2. The van der Waals surface area contributed by atoms with Gasteiger partial charge in [0.25, 0.3) is 0 Å². The number of hydrogen-bond acceptors (Lipinski definition) is 3. The van der Waals surface area contributed by atoms with Crippen LogP contribution in [0.3, 0.4) is 0 Å². The Bertz CT molecular complexity index is 558. The molecule has 0 aliphatic carbocycles. The summed E-state index contributed by atoms with van der Waals surface area (Å²) in [6.07, 6.45) is 1.13. The molecule has 2 heterocycles. The van der Waals surface area contributed by atoms with Gasteiger partial charge in [-0.05, 0) is 30.7 Å². The molecule has 0 aromatic heterocycles. The zero-order valence-electron chi connectivity index (χ0n) is 13.7. The molecule has 0 radical (unpaired) electrons. The third-order valence-electron chi connectivity index (χ3n) is 4.94. The van der Waals surface area contributed by atoms with Crippen molar-refractivity contribution in [1.29, 1.82) is 0 Å². The highest BCUT2D eigenvalue weighted by molar-refractivity contribution is 5.85. The van der Waals surface area contributed by atoms with Crippen LogP contribution in [0.4, 0.5) is 0 Å². The minimum atomic E-state index is -0.0556. The summed E-state index contributed by atoms with van der Waals surface area (Å²) in [4.78, 5) is 26.0. The molecule has 1 aromatic carbocycles. The maximum Gasteiger partial charge on any atom is 0.241 e. The van der Waals surface area contributed by atoms with Gasteiger partial charge in [0.2, 0.25) is 11.8 Å². The molecule has 23 heavy (non-hydrogen) atoms. The van der Waals surface area contributed by atoms with Crippen LogP contribution in [0.15, 0.2) is 24.3 Å². The number of aryl methyl sites for hydroxylation is 2. The molecule has 0 saturated carbocycles. The van der Waals surface area contributed by atoms with E-state index in [1.54, 1.807) is 0 Å². The van der Waals surface area contributed by atoms with Crippen molar-refractivity contribution in [1.82, 2.24) is 15.5 Å². The van der Waals surface area contributed by atoms with Crippen LogP contribution in [-0.2, 0) is 16.0 Å². The highest BCUT2D eigenvalue weighted by Crippen LogP contribution is 2.25. The first-order valence-corrected chi connectivity index (χ1v) is 8.42. The molecule has 5 nitrogen and oxygen atoms in total. The van der Waals surface area contributed by atoms with E-state index in [0.29, 0.717) is 24.7 Å². The molecule has 3 rings (SSSR count). The number of fused-ring (bicyclic) bond motifs is 1. The predicted octanol–water partition coefficient (Wildman–Crippen LogP) is 0.722.